The van der Waals surface area contributed by atoms with Crippen LogP contribution in [0.2, 0.25) is 5.02 Å². The molecule has 2 aromatic rings. The first kappa shape index (κ1) is 9.99. The van der Waals surface area contributed by atoms with Gasteiger partial charge in [-0.2, -0.15) is 8.75 Å². The minimum atomic E-state index is 0.710. The largest absolute Gasteiger partial charge is 0.372 e. The highest BCUT2D eigenvalue weighted by Gasteiger charge is 2.14. The zero-order valence-corrected chi connectivity index (χ0v) is 9.98. The molecule has 1 aromatic carbocycles. The second-order valence-electron chi connectivity index (χ2n) is 3.59. The van der Waals surface area contributed by atoms with Crippen LogP contribution in [0.25, 0.3) is 11.0 Å². The molecule has 3 rings (SSSR count). The highest BCUT2D eigenvalue weighted by atomic mass is 35.5. The monoisotopic (exact) mass is 252 g/mol. The van der Waals surface area contributed by atoms with Crippen LogP contribution in [0.1, 0.15) is 5.56 Å². The Labute approximate surface area is 102 Å². The zero-order valence-electron chi connectivity index (χ0n) is 8.40. The third kappa shape index (κ3) is 1.66. The number of hydrogen-bond donors (Lipinski definition) is 1. The molecular weight excluding hydrogens is 244 g/mol. The van der Waals surface area contributed by atoms with Gasteiger partial charge < -0.3 is 5.32 Å². The molecule has 0 bridgehead atoms. The Morgan fingerprint density at radius 2 is 2.31 bits per heavy atom. The van der Waals surface area contributed by atoms with E-state index >= 15 is 0 Å². The fraction of sp³-hybridized carbons (Fsp3) is 0.300. The Kier molecular flexibility index (Phi) is 2.49. The predicted octanol–water partition coefficient (Wildman–Crippen LogP) is 1.89. The Bertz CT molecular complexity index is 563. The fourth-order valence-corrected chi connectivity index (χ4v) is 2.56. The molecule has 0 aliphatic carbocycles. The molecule has 82 valence electrons. The lowest BCUT2D eigenvalue weighted by Crippen LogP contribution is -2.20. The summed E-state index contributed by atoms with van der Waals surface area (Å²) < 4.78 is 8.49. The smallest absolute Gasteiger partial charge is 0.109 e. The molecule has 1 aliphatic rings. The molecule has 0 saturated heterocycles. The molecule has 1 aliphatic heterocycles. The summed E-state index contributed by atoms with van der Waals surface area (Å²) in [6.07, 6.45) is 0.710. The number of nitrogens with zero attached hydrogens (tertiary/aromatic N) is 3. The number of hydrogen-bond acceptors (Lipinski definition) is 5. The Hall–Kier alpha value is -1.20. The van der Waals surface area contributed by atoms with Crippen molar-refractivity contribution in [2.45, 2.75) is 6.42 Å². The number of fused-ring (bicyclic) bond motifs is 1. The molecule has 4 nitrogen and oxygen atoms in total. The van der Waals surface area contributed by atoms with Crippen molar-refractivity contribution in [1.29, 1.82) is 0 Å². The first-order valence-corrected chi connectivity index (χ1v) is 6.12. The van der Waals surface area contributed by atoms with Crippen molar-refractivity contribution in [3.8, 4) is 0 Å². The van der Waals surface area contributed by atoms with E-state index in [9.17, 15) is 0 Å². The van der Waals surface area contributed by atoms with Crippen LogP contribution in [0.4, 0.5) is 0 Å². The molecule has 0 atom stereocenters. The van der Waals surface area contributed by atoms with Crippen LogP contribution in [0.3, 0.4) is 0 Å². The molecule has 0 spiro atoms. The Morgan fingerprint density at radius 3 is 3.12 bits per heavy atom. The number of benzene rings is 1. The molecule has 0 amide bonds. The van der Waals surface area contributed by atoms with E-state index in [-0.39, 0.29) is 0 Å². The van der Waals surface area contributed by atoms with Gasteiger partial charge >= 0.3 is 0 Å². The molecule has 1 N–H and O–H groups in total. The van der Waals surface area contributed by atoms with Crippen molar-refractivity contribution in [3.05, 3.63) is 22.7 Å². The van der Waals surface area contributed by atoms with Crippen molar-refractivity contribution in [2.24, 2.45) is 4.99 Å². The maximum absolute atomic E-state index is 6.19. The van der Waals surface area contributed by atoms with Crippen molar-refractivity contribution in [3.63, 3.8) is 0 Å². The highest BCUT2D eigenvalue weighted by molar-refractivity contribution is 7.00. The third-order valence-electron chi connectivity index (χ3n) is 2.56. The maximum atomic E-state index is 6.19. The first-order valence-electron chi connectivity index (χ1n) is 5.01. The lowest BCUT2D eigenvalue weighted by molar-refractivity contribution is 0.953. The number of aliphatic imine (C=N–C) groups is 1. The van der Waals surface area contributed by atoms with E-state index in [0.717, 1.165) is 40.5 Å². The van der Waals surface area contributed by atoms with Gasteiger partial charge in [0, 0.05) is 23.6 Å². The van der Waals surface area contributed by atoms with Gasteiger partial charge in [0.2, 0.25) is 0 Å². The lowest BCUT2D eigenvalue weighted by Gasteiger charge is -2.05. The number of rotatable bonds is 2. The van der Waals surface area contributed by atoms with E-state index in [0.29, 0.717) is 6.42 Å². The summed E-state index contributed by atoms with van der Waals surface area (Å²) in [7, 11) is 0. The SMILES string of the molecule is Clc1ccc2nsnc2c1CC1=NCCN1. The second-order valence-corrected chi connectivity index (χ2v) is 4.53. The van der Waals surface area contributed by atoms with Crippen LogP contribution in [0, 0.1) is 0 Å². The number of nitrogens with one attached hydrogen (secondary N) is 1. The molecule has 0 saturated carbocycles. The fourth-order valence-electron chi connectivity index (χ4n) is 1.78. The maximum Gasteiger partial charge on any atom is 0.109 e. The van der Waals surface area contributed by atoms with Gasteiger partial charge in [0.15, 0.2) is 0 Å². The van der Waals surface area contributed by atoms with Crippen molar-refractivity contribution in [2.75, 3.05) is 13.1 Å². The summed E-state index contributed by atoms with van der Waals surface area (Å²) in [4.78, 5) is 4.37. The molecule has 0 unspecified atom stereocenters. The van der Waals surface area contributed by atoms with Gasteiger partial charge in [-0.3, -0.25) is 4.99 Å². The van der Waals surface area contributed by atoms with E-state index in [2.05, 4.69) is 19.1 Å². The highest BCUT2D eigenvalue weighted by Crippen LogP contribution is 2.25. The van der Waals surface area contributed by atoms with Gasteiger partial charge in [-0.25, -0.2) is 0 Å². The molecule has 0 radical (unpaired) electrons. The third-order valence-corrected chi connectivity index (χ3v) is 3.46. The van der Waals surface area contributed by atoms with Gasteiger partial charge in [0.05, 0.1) is 18.3 Å². The van der Waals surface area contributed by atoms with Gasteiger partial charge in [0.1, 0.15) is 16.9 Å². The van der Waals surface area contributed by atoms with Crippen LogP contribution >= 0.6 is 23.3 Å². The van der Waals surface area contributed by atoms with Crippen LogP contribution in [0.15, 0.2) is 17.1 Å². The van der Waals surface area contributed by atoms with Gasteiger partial charge in [-0.1, -0.05) is 11.6 Å². The van der Waals surface area contributed by atoms with Crippen molar-refractivity contribution >= 4 is 40.2 Å². The standard InChI is InChI=1S/C10H9ClN4S/c11-7-1-2-8-10(15-16-14-8)6(7)5-9-12-3-4-13-9/h1-2H,3-5H2,(H,12,13). The van der Waals surface area contributed by atoms with Crippen LogP contribution in [-0.4, -0.2) is 27.7 Å². The molecule has 6 heteroatoms. The number of halogens is 1. The summed E-state index contributed by atoms with van der Waals surface area (Å²) in [5.41, 5.74) is 2.82. The minimum Gasteiger partial charge on any atom is -0.372 e. The van der Waals surface area contributed by atoms with Crippen LogP contribution in [-0.2, 0) is 6.42 Å². The summed E-state index contributed by atoms with van der Waals surface area (Å²) >= 11 is 7.41. The summed E-state index contributed by atoms with van der Waals surface area (Å²) in [5, 5.41) is 3.97. The minimum absolute atomic E-state index is 0.710. The summed E-state index contributed by atoms with van der Waals surface area (Å²) in [6, 6.07) is 3.77. The van der Waals surface area contributed by atoms with Gasteiger partial charge in [0.25, 0.3) is 0 Å². The molecule has 1 aromatic heterocycles. The Morgan fingerprint density at radius 1 is 1.38 bits per heavy atom. The van der Waals surface area contributed by atoms with E-state index < -0.39 is 0 Å². The predicted molar refractivity (Wildman–Crippen MR) is 66.4 cm³/mol. The Balaban J connectivity index is 2.06. The van der Waals surface area contributed by atoms with Gasteiger partial charge in [-0.05, 0) is 12.1 Å². The van der Waals surface area contributed by atoms with E-state index in [1.807, 2.05) is 12.1 Å². The molecular formula is C10H9ClN4S. The lowest BCUT2D eigenvalue weighted by atomic mass is 10.1. The van der Waals surface area contributed by atoms with Crippen LogP contribution < -0.4 is 5.32 Å². The van der Waals surface area contributed by atoms with Gasteiger partial charge in [-0.15, -0.1) is 0 Å². The summed E-state index contributed by atoms with van der Waals surface area (Å²) in [6.45, 7) is 1.76. The normalized spacial score (nSPS) is 15.2. The van der Waals surface area contributed by atoms with Crippen molar-refractivity contribution in [1.82, 2.24) is 14.1 Å². The number of aromatic nitrogens is 2. The average Bonchev–Trinajstić information content (AvgIpc) is 2.92. The van der Waals surface area contributed by atoms with E-state index in [4.69, 9.17) is 11.6 Å². The molecule has 16 heavy (non-hydrogen) atoms. The summed E-state index contributed by atoms with van der Waals surface area (Å²) in [5.74, 6) is 0.988. The van der Waals surface area contributed by atoms with Crippen molar-refractivity contribution < 1.29 is 0 Å². The van der Waals surface area contributed by atoms with Crippen LogP contribution in [0.5, 0.6) is 0 Å². The van der Waals surface area contributed by atoms with E-state index in [1.54, 1.807) is 0 Å². The molecule has 2 heterocycles. The zero-order chi connectivity index (χ0) is 11.0. The molecule has 0 fully saturated rings. The quantitative estimate of drug-likeness (QED) is 0.888. The number of amidine groups is 1. The average molecular weight is 253 g/mol. The van der Waals surface area contributed by atoms with E-state index in [1.165, 1.54) is 11.7 Å². The topological polar surface area (TPSA) is 50.2 Å². The first-order chi connectivity index (χ1) is 7.84. The second kappa shape index (κ2) is 3.99.